The van der Waals surface area contributed by atoms with Crippen LogP contribution in [0.3, 0.4) is 0 Å². The first-order valence-corrected chi connectivity index (χ1v) is 13.5. The van der Waals surface area contributed by atoms with Crippen molar-refractivity contribution in [1.29, 1.82) is 0 Å². The summed E-state index contributed by atoms with van der Waals surface area (Å²) in [5, 5.41) is 23.5. The summed E-state index contributed by atoms with van der Waals surface area (Å²) >= 11 is 0. The minimum atomic E-state index is -0.378. The Bertz CT molecular complexity index is 1520. The van der Waals surface area contributed by atoms with Crippen LogP contribution in [0.5, 0.6) is 23.1 Å². The molecule has 0 atom stereocenters. The van der Waals surface area contributed by atoms with Crippen LogP contribution in [0.1, 0.15) is 59.2 Å². The highest BCUT2D eigenvalue weighted by Crippen LogP contribution is 2.31. The van der Waals surface area contributed by atoms with Crippen LogP contribution in [-0.2, 0) is 22.6 Å². The first-order valence-electron chi connectivity index (χ1n) is 13.5. The second-order valence-electron chi connectivity index (χ2n) is 9.97. The third-order valence-electron chi connectivity index (χ3n) is 7.10. The molecule has 0 radical (unpaired) electrons. The van der Waals surface area contributed by atoms with Gasteiger partial charge in [0.05, 0.1) is 18.8 Å². The van der Waals surface area contributed by atoms with E-state index in [2.05, 4.69) is 5.16 Å². The van der Waals surface area contributed by atoms with Gasteiger partial charge in [0.25, 0.3) is 5.88 Å². The molecule has 1 fully saturated rings. The van der Waals surface area contributed by atoms with Crippen LogP contribution >= 0.6 is 0 Å². The van der Waals surface area contributed by atoms with Gasteiger partial charge < -0.3 is 28.9 Å². The van der Waals surface area contributed by atoms with E-state index in [0.717, 1.165) is 36.8 Å². The fourth-order valence-corrected chi connectivity index (χ4v) is 4.85. The van der Waals surface area contributed by atoms with Gasteiger partial charge in [-0.1, -0.05) is 24.3 Å². The van der Waals surface area contributed by atoms with Crippen LogP contribution < -0.4 is 9.47 Å². The Morgan fingerprint density at radius 2 is 1.76 bits per heavy atom. The number of hydrogen-bond acceptors (Lipinski definition) is 9. The second-order valence-corrected chi connectivity index (χ2v) is 9.97. The van der Waals surface area contributed by atoms with Gasteiger partial charge in [-0.15, -0.1) is 0 Å². The Balaban J connectivity index is 1.31. The lowest BCUT2D eigenvalue weighted by Gasteiger charge is -2.15. The maximum Gasteiger partial charge on any atom is 0.305 e. The quantitative estimate of drug-likeness (QED) is 0.169. The average molecular weight is 558 g/mol. The van der Waals surface area contributed by atoms with Crippen molar-refractivity contribution >= 4 is 11.8 Å². The lowest BCUT2D eigenvalue weighted by Crippen LogP contribution is -2.11. The number of aryl methyl sites for hydroxylation is 1. The fraction of sp³-hybridized carbons (Fsp3) is 0.281. The molecule has 41 heavy (non-hydrogen) atoms. The number of nitrogens with zero attached hydrogens (tertiary/aromatic N) is 1. The minimum Gasteiger partial charge on any atom is -0.507 e. The van der Waals surface area contributed by atoms with Crippen LogP contribution in [0.25, 0.3) is 11.3 Å². The number of carbonyl (C=O) groups is 2. The van der Waals surface area contributed by atoms with Gasteiger partial charge in [0.1, 0.15) is 23.9 Å². The first-order chi connectivity index (χ1) is 19.9. The molecule has 2 N–H and O–H groups in total. The number of aromatic nitrogens is 1. The van der Waals surface area contributed by atoms with Crippen LogP contribution in [0.15, 0.2) is 71.3 Å². The van der Waals surface area contributed by atoms with E-state index in [4.69, 9.17) is 18.7 Å². The van der Waals surface area contributed by atoms with E-state index in [1.54, 1.807) is 30.3 Å². The van der Waals surface area contributed by atoms with E-state index in [1.165, 1.54) is 19.2 Å². The fourth-order valence-electron chi connectivity index (χ4n) is 4.85. The monoisotopic (exact) mass is 557 g/mol. The number of rotatable bonds is 11. The normalized spacial score (nSPS) is 13.2. The molecule has 212 valence electrons. The number of carbonyl (C=O) groups excluding carboxylic acids is 2. The molecule has 0 spiro atoms. The Morgan fingerprint density at radius 3 is 2.44 bits per heavy atom. The number of methoxy groups -OCH3 is 1. The van der Waals surface area contributed by atoms with Crippen LogP contribution in [0, 0.1) is 0 Å². The first kappa shape index (κ1) is 27.8. The molecule has 1 saturated carbocycles. The molecule has 1 aliphatic carbocycles. The smallest absolute Gasteiger partial charge is 0.305 e. The van der Waals surface area contributed by atoms with Crippen molar-refractivity contribution in [1.82, 2.24) is 5.16 Å². The number of benzene rings is 3. The Labute approximate surface area is 237 Å². The van der Waals surface area contributed by atoms with Crippen LogP contribution in [0.2, 0.25) is 0 Å². The maximum absolute atomic E-state index is 13.3. The summed E-state index contributed by atoms with van der Waals surface area (Å²) in [6.45, 7) is 0.240. The largest absolute Gasteiger partial charge is 0.507 e. The molecule has 1 heterocycles. The molecular weight excluding hydrogens is 526 g/mol. The molecule has 4 aromatic rings. The van der Waals surface area contributed by atoms with Crippen molar-refractivity contribution in [3.8, 4) is 34.5 Å². The van der Waals surface area contributed by atoms with Crippen molar-refractivity contribution in [2.75, 3.05) is 7.11 Å². The number of esters is 1. The Kier molecular flexibility index (Phi) is 8.53. The molecule has 1 aliphatic rings. The zero-order chi connectivity index (χ0) is 28.8. The summed E-state index contributed by atoms with van der Waals surface area (Å²) < 4.78 is 21.9. The third-order valence-corrected chi connectivity index (χ3v) is 7.10. The highest BCUT2D eigenvalue weighted by molar-refractivity contribution is 6.11. The molecule has 0 saturated heterocycles. The van der Waals surface area contributed by atoms with Crippen molar-refractivity contribution in [3.05, 3.63) is 89.0 Å². The minimum absolute atomic E-state index is 0.113. The van der Waals surface area contributed by atoms with Gasteiger partial charge in [-0.05, 0) is 78.7 Å². The Hall–Kier alpha value is -4.79. The highest BCUT2D eigenvalue weighted by Gasteiger charge is 2.20. The number of ether oxygens (including phenoxy) is 3. The summed E-state index contributed by atoms with van der Waals surface area (Å²) in [4.78, 5) is 25.2. The topological polar surface area (TPSA) is 128 Å². The predicted octanol–water partition coefficient (Wildman–Crippen LogP) is 5.99. The van der Waals surface area contributed by atoms with Gasteiger partial charge in [-0.25, -0.2) is 0 Å². The van der Waals surface area contributed by atoms with E-state index < -0.39 is 0 Å². The van der Waals surface area contributed by atoms with E-state index in [9.17, 15) is 19.8 Å². The second kappa shape index (κ2) is 12.6. The number of aromatic hydroxyl groups is 2. The summed E-state index contributed by atoms with van der Waals surface area (Å²) in [5.74, 6) is 0.453. The lowest BCUT2D eigenvalue weighted by atomic mass is 9.98. The predicted molar refractivity (Wildman–Crippen MR) is 149 cm³/mol. The van der Waals surface area contributed by atoms with Crippen molar-refractivity contribution in [2.45, 2.75) is 51.2 Å². The van der Waals surface area contributed by atoms with Gasteiger partial charge in [0, 0.05) is 29.7 Å². The number of ketones is 1. The van der Waals surface area contributed by atoms with Crippen LogP contribution in [-0.4, -0.2) is 40.3 Å². The van der Waals surface area contributed by atoms with Crippen molar-refractivity contribution in [3.63, 3.8) is 0 Å². The molecule has 9 nitrogen and oxygen atoms in total. The zero-order valence-electron chi connectivity index (χ0n) is 22.7. The highest BCUT2D eigenvalue weighted by atomic mass is 16.5. The summed E-state index contributed by atoms with van der Waals surface area (Å²) in [6.07, 6.45) is 4.80. The summed E-state index contributed by atoms with van der Waals surface area (Å²) in [5.41, 5.74) is 2.81. The van der Waals surface area contributed by atoms with E-state index in [0.29, 0.717) is 34.8 Å². The number of hydrogen-bond donors (Lipinski definition) is 2. The maximum atomic E-state index is 13.3. The van der Waals surface area contributed by atoms with E-state index in [1.807, 2.05) is 24.3 Å². The molecule has 0 bridgehead atoms. The lowest BCUT2D eigenvalue weighted by molar-refractivity contribution is -0.140. The third kappa shape index (κ3) is 6.87. The molecule has 3 aromatic carbocycles. The standard InChI is InChI=1S/C32H31NO8/c1-38-31(36)15-11-22-16-23(32(37)26-13-12-25(17-27(26)34)40-24-4-2-3-5-24)10-14-28(22)39-19-20-6-8-21(9-7-20)29-18-30(35)33-41-29/h6-10,12-14,16-18,24,34H,2-5,11,15,19H2,1H3,(H,33,35). The molecular formula is C32H31NO8. The Morgan fingerprint density at radius 1 is 0.976 bits per heavy atom. The molecule has 5 rings (SSSR count). The molecule has 0 unspecified atom stereocenters. The van der Waals surface area contributed by atoms with Gasteiger partial charge in [-0.3, -0.25) is 9.59 Å². The zero-order valence-corrected chi connectivity index (χ0v) is 22.7. The summed E-state index contributed by atoms with van der Waals surface area (Å²) in [7, 11) is 1.33. The van der Waals surface area contributed by atoms with Gasteiger partial charge in [-0.2, -0.15) is 0 Å². The molecule has 0 aliphatic heterocycles. The average Bonchev–Trinajstić information content (AvgIpc) is 3.67. The number of phenolic OH excluding ortho intramolecular Hbond substituents is 1. The summed E-state index contributed by atoms with van der Waals surface area (Å²) in [6, 6.07) is 18.6. The molecule has 1 aromatic heterocycles. The van der Waals surface area contributed by atoms with Gasteiger partial charge >= 0.3 is 5.97 Å². The van der Waals surface area contributed by atoms with E-state index >= 15 is 0 Å². The van der Waals surface area contributed by atoms with Crippen LogP contribution in [0.4, 0.5) is 0 Å². The number of phenols is 1. The SMILES string of the molecule is COC(=O)CCc1cc(C(=O)c2ccc(OC3CCCC3)cc2O)ccc1OCc1ccc(-c2cc(O)no2)cc1. The van der Waals surface area contributed by atoms with Gasteiger partial charge in [0.15, 0.2) is 11.5 Å². The molecule has 9 heteroatoms. The molecule has 0 amide bonds. The van der Waals surface area contributed by atoms with Crippen molar-refractivity contribution in [2.24, 2.45) is 0 Å². The van der Waals surface area contributed by atoms with Crippen molar-refractivity contribution < 1.29 is 38.5 Å². The van der Waals surface area contributed by atoms with E-state index in [-0.39, 0.29) is 48.1 Å². The van der Waals surface area contributed by atoms with Gasteiger partial charge in [0.2, 0.25) is 0 Å².